The second-order valence-electron chi connectivity index (χ2n) is 5.73. The molecular weight excluding hydrogens is 352 g/mol. The van der Waals surface area contributed by atoms with Gasteiger partial charge in [-0.05, 0) is 69.1 Å². The Kier molecular flexibility index (Phi) is 6.22. The molecule has 0 amide bonds. The van der Waals surface area contributed by atoms with Gasteiger partial charge in [0.25, 0.3) is 0 Å². The number of rotatable bonds is 6. The predicted octanol–water partition coefficient (Wildman–Crippen LogP) is 2.85. The largest absolute Gasteiger partial charge is 0.303 e. The number of benzene rings is 1. The Hall–Kier alpha value is -0.430. The van der Waals surface area contributed by atoms with Gasteiger partial charge in [0.1, 0.15) is 0 Å². The van der Waals surface area contributed by atoms with E-state index in [0.29, 0.717) is 11.4 Å². The quantitative estimate of drug-likeness (QED) is 0.778. The molecule has 0 saturated carbocycles. The molecule has 0 radical (unpaired) electrons. The van der Waals surface area contributed by atoms with Crippen molar-refractivity contribution in [1.29, 1.82) is 0 Å². The van der Waals surface area contributed by atoms with Gasteiger partial charge >= 0.3 is 0 Å². The Morgan fingerprint density at radius 2 is 1.86 bits per heavy atom. The fourth-order valence-electron chi connectivity index (χ4n) is 2.49. The lowest BCUT2D eigenvalue weighted by Crippen LogP contribution is -2.35. The third-order valence-corrected chi connectivity index (χ3v) is 5.95. The van der Waals surface area contributed by atoms with Gasteiger partial charge in [-0.1, -0.05) is 22.9 Å². The van der Waals surface area contributed by atoms with Crippen LogP contribution in [0.25, 0.3) is 0 Å². The molecule has 1 heterocycles. The smallest absolute Gasteiger partial charge is 0.240 e. The van der Waals surface area contributed by atoms with E-state index < -0.39 is 10.0 Å². The molecule has 2 rings (SSSR count). The van der Waals surface area contributed by atoms with Gasteiger partial charge in [0.2, 0.25) is 10.0 Å². The van der Waals surface area contributed by atoms with E-state index in [1.807, 2.05) is 0 Å². The maximum Gasteiger partial charge on any atom is 0.240 e. The predicted molar refractivity (Wildman–Crippen MR) is 88.8 cm³/mol. The van der Waals surface area contributed by atoms with E-state index >= 15 is 0 Å². The number of halogens is 1. The third-order valence-electron chi connectivity index (χ3n) is 3.94. The first-order chi connectivity index (χ1) is 9.97. The van der Waals surface area contributed by atoms with Crippen LogP contribution < -0.4 is 4.72 Å². The van der Waals surface area contributed by atoms with Gasteiger partial charge < -0.3 is 4.90 Å². The molecule has 0 aromatic heterocycles. The van der Waals surface area contributed by atoms with Crippen molar-refractivity contribution in [2.24, 2.45) is 5.92 Å². The van der Waals surface area contributed by atoms with Crippen LogP contribution in [0.3, 0.4) is 0 Å². The lowest BCUT2D eigenvalue weighted by atomic mass is 9.99. The van der Waals surface area contributed by atoms with Gasteiger partial charge in [-0.15, -0.1) is 0 Å². The van der Waals surface area contributed by atoms with Crippen LogP contribution in [0.15, 0.2) is 33.6 Å². The number of sulfonamides is 1. The maximum atomic E-state index is 12.1. The van der Waals surface area contributed by atoms with E-state index in [2.05, 4.69) is 32.5 Å². The first kappa shape index (κ1) is 16.9. The molecule has 0 spiro atoms. The van der Waals surface area contributed by atoms with Crippen molar-refractivity contribution >= 4 is 26.0 Å². The van der Waals surface area contributed by atoms with Crippen molar-refractivity contribution in [3.63, 3.8) is 0 Å². The van der Waals surface area contributed by atoms with E-state index in [-0.39, 0.29) is 0 Å². The molecule has 4 nitrogen and oxygen atoms in total. The molecule has 21 heavy (non-hydrogen) atoms. The van der Waals surface area contributed by atoms with Crippen molar-refractivity contribution in [2.45, 2.75) is 31.1 Å². The molecule has 118 valence electrons. The molecule has 1 aliphatic rings. The second kappa shape index (κ2) is 7.72. The third kappa shape index (κ3) is 5.36. The van der Waals surface area contributed by atoms with Crippen molar-refractivity contribution in [1.82, 2.24) is 9.62 Å². The van der Waals surface area contributed by atoms with Crippen LogP contribution in [0.4, 0.5) is 0 Å². The SMILES string of the molecule is CC1CCN(CCCNS(=O)(=O)c2ccc(Br)cc2)CC1. The number of piperidine rings is 1. The topological polar surface area (TPSA) is 49.4 Å². The van der Waals surface area contributed by atoms with Gasteiger partial charge in [0.05, 0.1) is 4.90 Å². The summed E-state index contributed by atoms with van der Waals surface area (Å²) in [7, 11) is -3.38. The molecule has 1 aromatic carbocycles. The standard InChI is InChI=1S/C15H23BrN2O2S/c1-13-7-11-18(12-8-13)10-2-9-17-21(19,20)15-5-3-14(16)4-6-15/h3-6,13,17H,2,7-12H2,1H3. The Balaban J connectivity index is 1.73. The summed E-state index contributed by atoms with van der Waals surface area (Å²) in [5.74, 6) is 0.831. The average molecular weight is 375 g/mol. The minimum Gasteiger partial charge on any atom is -0.303 e. The summed E-state index contributed by atoms with van der Waals surface area (Å²) in [6.07, 6.45) is 3.36. The molecule has 0 bridgehead atoms. The monoisotopic (exact) mass is 374 g/mol. The van der Waals surface area contributed by atoms with E-state index in [1.165, 1.54) is 12.8 Å². The molecular formula is C15H23BrN2O2S. The minimum atomic E-state index is -3.38. The fraction of sp³-hybridized carbons (Fsp3) is 0.600. The van der Waals surface area contributed by atoms with E-state index in [9.17, 15) is 8.42 Å². The van der Waals surface area contributed by atoms with Gasteiger partial charge in [0.15, 0.2) is 0 Å². The van der Waals surface area contributed by atoms with Gasteiger partial charge in [-0.25, -0.2) is 13.1 Å². The number of nitrogens with zero attached hydrogens (tertiary/aromatic N) is 1. The van der Waals surface area contributed by atoms with Crippen LogP contribution >= 0.6 is 15.9 Å². The summed E-state index contributed by atoms with van der Waals surface area (Å²) in [5.41, 5.74) is 0. The first-order valence-electron chi connectivity index (χ1n) is 7.45. The number of hydrogen-bond acceptors (Lipinski definition) is 3. The second-order valence-corrected chi connectivity index (χ2v) is 8.41. The van der Waals surface area contributed by atoms with Crippen LogP contribution in [0.2, 0.25) is 0 Å². The van der Waals surface area contributed by atoms with Crippen LogP contribution in [0, 0.1) is 5.92 Å². The van der Waals surface area contributed by atoms with Gasteiger partial charge in [-0.3, -0.25) is 0 Å². The summed E-state index contributed by atoms with van der Waals surface area (Å²) in [5, 5.41) is 0. The van der Waals surface area contributed by atoms with Crippen LogP contribution in [-0.4, -0.2) is 39.5 Å². The average Bonchev–Trinajstić information content (AvgIpc) is 2.46. The Bertz CT molecular complexity index is 537. The zero-order valence-electron chi connectivity index (χ0n) is 12.4. The highest BCUT2D eigenvalue weighted by molar-refractivity contribution is 9.10. The summed E-state index contributed by atoms with van der Waals surface area (Å²) in [6.45, 7) is 6.03. The van der Waals surface area contributed by atoms with Crippen molar-refractivity contribution in [2.75, 3.05) is 26.2 Å². The van der Waals surface area contributed by atoms with Crippen molar-refractivity contribution in [3.05, 3.63) is 28.7 Å². The molecule has 0 aliphatic carbocycles. The minimum absolute atomic E-state index is 0.317. The first-order valence-corrected chi connectivity index (χ1v) is 9.72. The number of hydrogen-bond donors (Lipinski definition) is 1. The number of nitrogens with one attached hydrogen (secondary N) is 1. The van der Waals surface area contributed by atoms with Crippen LogP contribution in [0.5, 0.6) is 0 Å². The Morgan fingerprint density at radius 1 is 1.24 bits per heavy atom. The highest BCUT2D eigenvalue weighted by atomic mass is 79.9. The lowest BCUT2D eigenvalue weighted by molar-refractivity contribution is 0.191. The van der Waals surface area contributed by atoms with Crippen LogP contribution in [0.1, 0.15) is 26.2 Å². The molecule has 0 unspecified atom stereocenters. The van der Waals surface area contributed by atoms with E-state index in [0.717, 1.165) is 36.4 Å². The maximum absolute atomic E-state index is 12.1. The molecule has 0 atom stereocenters. The summed E-state index contributed by atoms with van der Waals surface area (Å²) < 4.78 is 27.7. The summed E-state index contributed by atoms with van der Waals surface area (Å²) in [4.78, 5) is 2.74. The Labute approximate surface area is 136 Å². The van der Waals surface area contributed by atoms with Crippen molar-refractivity contribution in [3.8, 4) is 0 Å². The number of likely N-dealkylation sites (tertiary alicyclic amines) is 1. The summed E-state index contributed by atoms with van der Waals surface area (Å²) >= 11 is 3.30. The molecule has 1 N–H and O–H groups in total. The zero-order valence-corrected chi connectivity index (χ0v) is 14.8. The van der Waals surface area contributed by atoms with Crippen molar-refractivity contribution < 1.29 is 8.42 Å². The van der Waals surface area contributed by atoms with E-state index in [4.69, 9.17) is 0 Å². The lowest BCUT2D eigenvalue weighted by Gasteiger charge is -2.30. The summed E-state index contributed by atoms with van der Waals surface area (Å²) in [6, 6.07) is 6.70. The zero-order chi connectivity index (χ0) is 15.3. The molecule has 1 aromatic rings. The normalized spacial score (nSPS) is 18.0. The Morgan fingerprint density at radius 3 is 2.48 bits per heavy atom. The highest BCUT2D eigenvalue weighted by Gasteiger charge is 2.16. The fourth-order valence-corrected chi connectivity index (χ4v) is 3.83. The van der Waals surface area contributed by atoms with Gasteiger partial charge in [0, 0.05) is 11.0 Å². The molecule has 1 aliphatic heterocycles. The molecule has 1 fully saturated rings. The highest BCUT2D eigenvalue weighted by Crippen LogP contribution is 2.16. The van der Waals surface area contributed by atoms with E-state index in [1.54, 1.807) is 24.3 Å². The molecule has 6 heteroatoms. The van der Waals surface area contributed by atoms with Gasteiger partial charge in [-0.2, -0.15) is 0 Å². The molecule has 1 saturated heterocycles. The van der Waals surface area contributed by atoms with Crippen LogP contribution in [-0.2, 0) is 10.0 Å².